The first kappa shape index (κ1) is 14.0. The number of methoxy groups -OCH3 is 1. The Morgan fingerprint density at radius 2 is 2.05 bits per heavy atom. The fourth-order valence-corrected chi connectivity index (χ4v) is 2.19. The lowest BCUT2D eigenvalue weighted by atomic mass is 10.0. The van der Waals surface area contributed by atoms with Crippen molar-refractivity contribution in [2.24, 2.45) is 0 Å². The summed E-state index contributed by atoms with van der Waals surface area (Å²) in [5, 5.41) is 12.6. The Kier molecular flexibility index (Phi) is 4.27. The first-order valence-corrected chi connectivity index (χ1v) is 6.63. The van der Waals surface area contributed by atoms with Crippen molar-refractivity contribution in [3.63, 3.8) is 0 Å². The van der Waals surface area contributed by atoms with E-state index < -0.39 is 0 Å². The SMILES string of the molecule is CCc1cccc(C)c1Nc1cc(OC)ccc1C#N. The van der Waals surface area contributed by atoms with Crippen molar-refractivity contribution in [3.05, 3.63) is 53.1 Å². The van der Waals surface area contributed by atoms with Gasteiger partial charge in [-0.2, -0.15) is 5.26 Å². The maximum Gasteiger partial charge on any atom is 0.121 e. The molecule has 3 nitrogen and oxygen atoms in total. The number of aryl methyl sites for hydroxylation is 2. The van der Waals surface area contributed by atoms with Crippen LogP contribution in [0.2, 0.25) is 0 Å². The van der Waals surface area contributed by atoms with Crippen molar-refractivity contribution in [2.45, 2.75) is 20.3 Å². The van der Waals surface area contributed by atoms with Crippen LogP contribution in [-0.4, -0.2) is 7.11 Å². The molecule has 2 aromatic rings. The molecule has 3 heteroatoms. The summed E-state index contributed by atoms with van der Waals surface area (Å²) in [5.41, 5.74) is 4.85. The molecular formula is C17H18N2O. The highest BCUT2D eigenvalue weighted by Gasteiger charge is 2.09. The molecule has 2 aromatic carbocycles. The van der Waals surface area contributed by atoms with Crippen molar-refractivity contribution in [1.29, 1.82) is 5.26 Å². The van der Waals surface area contributed by atoms with Crippen LogP contribution in [0, 0.1) is 18.3 Å². The summed E-state index contributed by atoms with van der Waals surface area (Å²) in [5.74, 6) is 0.734. The Morgan fingerprint density at radius 1 is 1.25 bits per heavy atom. The van der Waals surface area contributed by atoms with Gasteiger partial charge in [-0.15, -0.1) is 0 Å². The van der Waals surface area contributed by atoms with Crippen molar-refractivity contribution >= 4 is 11.4 Å². The molecule has 0 bridgehead atoms. The minimum absolute atomic E-state index is 0.608. The Morgan fingerprint density at radius 3 is 2.70 bits per heavy atom. The molecule has 0 aliphatic rings. The third-order valence-electron chi connectivity index (χ3n) is 3.35. The fraction of sp³-hybridized carbons (Fsp3) is 0.235. The Hall–Kier alpha value is -2.47. The van der Waals surface area contributed by atoms with Crippen LogP contribution in [0.3, 0.4) is 0 Å². The molecule has 1 N–H and O–H groups in total. The second-order valence-electron chi connectivity index (χ2n) is 4.61. The van der Waals surface area contributed by atoms with Gasteiger partial charge in [0.15, 0.2) is 0 Å². The normalized spacial score (nSPS) is 9.90. The van der Waals surface area contributed by atoms with Gasteiger partial charge in [0, 0.05) is 11.8 Å². The number of anilines is 2. The van der Waals surface area contributed by atoms with Gasteiger partial charge in [0.2, 0.25) is 0 Å². The van der Waals surface area contributed by atoms with Gasteiger partial charge >= 0.3 is 0 Å². The van der Waals surface area contributed by atoms with Crippen LogP contribution in [0.5, 0.6) is 5.75 Å². The summed E-state index contributed by atoms with van der Waals surface area (Å²) in [6.07, 6.45) is 0.940. The first-order chi connectivity index (χ1) is 9.69. The van der Waals surface area contributed by atoms with Crippen LogP contribution < -0.4 is 10.1 Å². The third kappa shape index (κ3) is 2.75. The monoisotopic (exact) mass is 266 g/mol. The number of rotatable bonds is 4. The van der Waals surface area contributed by atoms with E-state index >= 15 is 0 Å². The third-order valence-corrected chi connectivity index (χ3v) is 3.35. The zero-order chi connectivity index (χ0) is 14.5. The second-order valence-corrected chi connectivity index (χ2v) is 4.61. The van der Waals surface area contributed by atoms with E-state index in [1.807, 2.05) is 6.07 Å². The van der Waals surface area contributed by atoms with Gasteiger partial charge in [-0.1, -0.05) is 25.1 Å². The first-order valence-electron chi connectivity index (χ1n) is 6.63. The van der Waals surface area contributed by atoms with Crippen molar-refractivity contribution in [3.8, 4) is 11.8 Å². The molecule has 2 rings (SSSR count). The summed E-state index contributed by atoms with van der Waals surface area (Å²) in [6.45, 7) is 4.18. The number of para-hydroxylation sites is 1. The van der Waals surface area contributed by atoms with E-state index in [1.165, 1.54) is 5.56 Å². The molecule has 0 spiro atoms. The predicted molar refractivity (Wildman–Crippen MR) is 81.5 cm³/mol. The van der Waals surface area contributed by atoms with Crippen LogP contribution in [0.25, 0.3) is 0 Å². The number of ether oxygens (including phenoxy) is 1. The van der Waals surface area contributed by atoms with Gasteiger partial charge in [0.05, 0.1) is 18.4 Å². The van der Waals surface area contributed by atoms with Crippen LogP contribution in [0.1, 0.15) is 23.6 Å². The van der Waals surface area contributed by atoms with Crippen LogP contribution in [0.15, 0.2) is 36.4 Å². The van der Waals surface area contributed by atoms with E-state index in [0.717, 1.165) is 29.1 Å². The van der Waals surface area contributed by atoms with Gasteiger partial charge in [0.1, 0.15) is 11.8 Å². The van der Waals surface area contributed by atoms with Crippen LogP contribution in [-0.2, 0) is 6.42 Å². The molecular weight excluding hydrogens is 248 g/mol. The summed E-state index contributed by atoms with van der Waals surface area (Å²) >= 11 is 0. The van der Waals surface area contributed by atoms with E-state index in [4.69, 9.17) is 4.74 Å². The molecule has 0 aliphatic heterocycles. The van der Waals surface area contributed by atoms with E-state index in [0.29, 0.717) is 5.56 Å². The van der Waals surface area contributed by atoms with Gasteiger partial charge in [-0.3, -0.25) is 0 Å². The molecule has 0 fully saturated rings. The van der Waals surface area contributed by atoms with Crippen molar-refractivity contribution < 1.29 is 4.74 Å². The minimum Gasteiger partial charge on any atom is -0.497 e. The molecule has 20 heavy (non-hydrogen) atoms. The average molecular weight is 266 g/mol. The largest absolute Gasteiger partial charge is 0.497 e. The lowest BCUT2D eigenvalue weighted by Crippen LogP contribution is -2.00. The minimum atomic E-state index is 0.608. The van der Waals surface area contributed by atoms with Gasteiger partial charge < -0.3 is 10.1 Å². The molecule has 0 aromatic heterocycles. The van der Waals surface area contributed by atoms with Crippen LogP contribution in [0.4, 0.5) is 11.4 Å². The Labute approximate surface area is 119 Å². The number of nitrogens with zero attached hydrogens (tertiary/aromatic N) is 1. The maximum atomic E-state index is 9.23. The molecule has 0 amide bonds. The Balaban J connectivity index is 2.47. The number of hydrogen-bond acceptors (Lipinski definition) is 3. The number of nitrogens with one attached hydrogen (secondary N) is 1. The molecule has 102 valence electrons. The topological polar surface area (TPSA) is 45.0 Å². The summed E-state index contributed by atoms with van der Waals surface area (Å²) < 4.78 is 5.23. The molecule has 0 heterocycles. The fourth-order valence-electron chi connectivity index (χ4n) is 2.19. The second kappa shape index (κ2) is 6.12. The average Bonchev–Trinajstić information content (AvgIpc) is 2.49. The van der Waals surface area contributed by atoms with Crippen molar-refractivity contribution in [2.75, 3.05) is 12.4 Å². The highest BCUT2D eigenvalue weighted by atomic mass is 16.5. The van der Waals surface area contributed by atoms with Gasteiger partial charge in [0.25, 0.3) is 0 Å². The van der Waals surface area contributed by atoms with Crippen molar-refractivity contribution in [1.82, 2.24) is 0 Å². The molecule has 0 saturated heterocycles. The Bertz CT molecular complexity index is 657. The lowest BCUT2D eigenvalue weighted by molar-refractivity contribution is 0.415. The van der Waals surface area contributed by atoms with E-state index in [9.17, 15) is 5.26 Å². The smallest absolute Gasteiger partial charge is 0.121 e. The maximum absolute atomic E-state index is 9.23. The van der Waals surface area contributed by atoms with Crippen LogP contribution >= 0.6 is 0 Å². The molecule has 0 radical (unpaired) electrons. The summed E-state index contributed by atoms with van der Waals surface area (Å²) in [4.78, 5) is 0. The zero-order valence-electron chi connectivity index (χ0n) is 12.0. The summed E-state index contributed by atoms with van der Waals surface area (Å²) in [6, 6.07) is 13.8. The van der Waals surface area contributed by atoms with E-state index in [-0.39, 0.29) is 0 Å². The zero-order valence-corrected chi connectivity index (χ0v) is 12.0. The summed E-state index contributed by atoms with van der Waals surface area (Å²) in [7, 11) is 1.62. The highest BCUT2D eigenvalue weighted by molar-refractivity contribution is 5.72. The number of benzene rings is 2. The standard InChI is InChI=1S/C17H18N2O/c1-4-13-7-5-6-12(2)17(13)19-16-10-15(20-3)9-8-14(16)11-18/h5-10,19H,4H2,1-3H3. The molecule has 0 atom stereocenters. The molecule has 0 unspecified atom stereocenters. The van der Waals surface area contributed by atoms with E-state index in [1.54, 1.807) is 19.2 Å². The highest BCUT2D eigenvalue weighted by Crippen LogP contribution is 2.29. The van der Waals surface area contributed by atoms with E-state index in [2.05, 4.69) is 43.4 Å². The molecule has 0 saturated carbocycles. The van der Waals surface area contributed by atoms with Gasteiger partial charge in [-0.25, -0.2) is 0 Å². The molecule has 0 aliphatic carbocycles. The number of nitriles is 1. The van der Waals surface area contributed by atoms with Gasteiger partial charge in [-0.05, 0) is 36.6 Å². The lowest BCUT2D eigenvalue weighted by Gasteiger charge is -2.15. The predicted octanol–water partition coefficient (Wildman–Crippen LogP) is 4.18. The number of hydrogen-bond donors (Lipinski definition) is 1. The quantitative estimate of drug-likeness (QED) is 0.902.